The van der Waals surface area contributed by atoms with Crippen molar-refractivity contribution in [2.75, 3.05) is 19.7 Å². The number of ether oxygens (including phenoxy) is 1. The average Bonchev–Trinajstić information content (AvgIpc) is 2.75. The van der Waals surface area contributed by atoms with Crippen molar-refractivity contribution in [3.8, 4) is 5.75 Å². The predicted octanol–water partition coefficient (Wildman–Crippen LogP) is 3.34. The summed E-state index contributed by atoms with van der Waals surface area (Å²) in [7, 11) is -3.59. The van der Waals surface area contributed by atoms with Gasteiger partial charge in [0, 0.05) is 25.1 Å². The van der Waals surface area contributed by atoms with Gasteiger partial charge in [-0.05, 0) is 44.4 Å². The van der Waals surface area contributed by atoms with Crippen LogP contribution in [0.25, 0.3) is 0 Å². The summed E-state index contributed by atoms with van der Waals surface area (Å²) < 4.78 is 33.2. The van der Waals surface area contributed by atoms with E-state index in [1.807, 2.05) is 13.8 Å². The average molecular weight is 429 g/mol. The second-order valence-electron chi connectivity index (χ2n) is 8.21. The first kappa shape index (κ1) is 20.9. The van der Waals surface area contributed by atoms with Crippen molar-refractivity contribution in [3.63, 3.8) is 0 Å². The Kier molecular flexibility index (Phi) is 5.84. The van der Waals surface area contributed by atoms with E-state index in [1.54, 1.807) is 30.3 Å². The Morgan fingerprint density at radius 2 is 1.90 bits per heavy atom. The molecule has 2 atom stereocenters. The third kappa shape index (κ3) is 4.09. The Hall–Kier alpha value is -2.38. The van der Waals surface area contributed by atoms with Crippen LogP contribution in [-0.4, -0.2) is 38.3 Å². The topological polar surface area (TPSA) is 75.7 Å². The van der Waals surface area contributed by atoms with E-state index >= 15 is 0 Å². The maximum Gasteiger partial charge on any atom is 0.243 e. The van der Waals surface area contributed by atoms with Gasteiger partial charge in [-0.1, -0.05) is 35.9 Å². The smallest absolute Gasteiger partial charge is 0.243 e. The van der Waals surface area contributed by atoms with Crippen molar-refractivity contribution in [1.29, 1.82) is 0 Å². The van der Waals surface area contributed by atoms with E-state index in [-0.39, 0.29) is 29.3 Å². The number of nitrogens with one attached hydrogen (secondary N) is 1. The molecule has 160 valence electrons. The van der Waals surface area contributed by atoms with Gasteiger partial charge in [0.1, 0.15) is 5.75 Å². The molecule has 2 unspecified atom stereocenters. The van der Waals surface area contributed by atoms with Crippen molar-refractivity contribution in [2.24, 2.45) is 5.92 Å². The number of aryl methyl sites for hydroxylation is 2. The Labute approximate surface area is 178 Å². The molecule has 2 heterocycles. The van der Waals surface area contributed by atoms with Gasteiger partial charge in [-0.2, -0.15) is 4.31 Å². The molecule has 2 aromatic carbocycles. The minimum atomic E-state index is -3.59. The van der Waals surface area contributed by atoms with E-state index in [0.29, 0.717) is 32.4 Å². The molecule has 2 aliphatic rings. The second kappa shape index (κ2) is 8.40. The lowest BCUT2D eigenvalue weighted by Crippen LogP contribution is -2.46. The fraction of sp³-hybridized carbons (Fsp3) is 0.435. The summed E-state index contributed by atoms with van der Waals surface area (Å²) in [6, 6.07) is 12.5. The molecule has 6 nitrogen and oxygen atoms in total. The van der Waals surface area contributed by atoms with Crippen molar-refractivity contribution in [2.45, 2.75) is 44.0 Å². The first-order valence-electron chi connectivity index (χ1n) is 10.5. The maximum atomic E-state index is 13.1. The Morgan fingerprint density at radius 1 is 1.13 bits per heavy atom. The summed E-state index contributed by atoms with van der Waals surface area (Å²) in [5.41, 5.74) is 3.22. The molecule has 0 saturated carbocycles. The van der Waals surface area contributed by atoms with Gasteiger partial charge >= 0.3 is 0 Å². The van der Waals surface area contributed by atoms with Gasteiger partial charge < -0.3 is 10.1 Å². The molecule has 2 aromatic rings. The molecule has 1 N–H and O–H groups in total. The lowest BCUT2D eigenvalue weighted by molar-refractivity contribution is -0.127. The summed E-state index contributed by atoms with van der Waals surface area (Å²) in [4.78, 5) is 13.4. The maximum absolute atomic E-state index is 13.1. The van der Waals surface area contributed by atoms with Crippen LogP contribution in [-0.2, 0) is 14.8 Å². The molecule has 0 aromatic heterocycles. The molecule has 1 saturated heterocycles. The van der Waals surface area contributed by atoms with Crippen LogP contribution in [0.5, 0.6) is 5.75 Å². The monoisotopic (exact) mass is 428 g/mol. The van der Waals surface area contributed by atoms with Crippen LogP contribution < -0.4 is 10.1 Å². The predicted molar refractivity (Wildman–Crippen MR) is 115 cm³/mol. The third-order valence-electron chi connectivity index (χ3n) is 5.93. The number of benzene rings is 2. The zero-order valence-electron chi connectivity index (χ0n) is 17.4. The second-order valence-corrected chi connectivity index (χ2v) is 10.2. The Bertz CT molecular complexity index is 1040. The zero-order chi connectivity index (χ0) is 21.3. The molecule has 1 fully saturated rings. The van der Waals surface area contributed by atoms with Gasteiger partial charge in [-0.15, -0.1) is 0 Å². The number of carbonyl (C=O) groups is 1. The minimum absolute atomic E-state index is 0.0834. The number of sulfonamides is 1. The fourth-order valence-corrected chi connectivity index (χ4v) is 5.98. The Morgan fingerprint density at radius 3 is 2.67 bits per heavy atom. The van der Waals surface area contributed by atoms with E-state index in [1.165, 1.54) is 4.31 Å². The summed E-state index contributed by atoms with van der Waals surface area (Å²) in [6.07, 6.45) is 2.07. The SMILES string of the molecule is Cc1cc(C)c2c(c1)C(NC(=O)C1CCCN(S(=O)(=O)c3ccccc3)C1)CCO2. The van der Waals surface area contributed by atoms with Gasteiger partial charge in [0.25, 0.3) is 0 Å². The number of hydrogen-bond donors (Lipinski definition) is 1. The lowest BCUT2D eigenvalue weighted by Gasteiger charge is -2.33. The molecule has 2 aliphatic heterocycles. The molecule has 1 amide bonds. The highest BCUT2D eigenvalue weighted by atomic mass is 32.2. The van der Waals surface area contributed by atoms with Crippen LogP contribution in [0.2, 0.25) is 0 Å². The summed E-state index contributed by atoms with van der Waals surface area (Å²) in [6.45, 7) is 5.27. The third-order valence-corrected chi connectivity index (χ3v) is 7.81. The van der Waals surface area contributed by atoms with E-state index in [4.69, 9.17) is 4.74 Å². The molecule has 7 heteroatoms. The molecular weight excluding hydrogens is 400 g/mol. The normalized spacial score (nSPS) is 22.1. The van der Waals surface area contributed by atoms with Gasteiger partial charge in [0.05, 0.1) is 23.5 Å². The highest BCUT2D eigenvalue weighted by Crippen LogP contribution is 2.36. The molecule has 0 bridgehead atoms. The zero-order valence-corrected chi connectivity index (χ0v) is 18.2. The number of fused-ring (bicyclic) bond motifs is 1. The van der Waals surface area contributed by atoms with E-state index in [0.717, 1.165) is 22.4 Å². The van der Waals surface area contributed by atoms with Crippen LogP contribution in [0.1, 0.15) is 42.0 Å². The van der Waals surface area contributed by atoms with Gasteiger partial charge in [0.2, 0.25) is 15.9 Å². The molecule has 0 aliphatic carbocycles. The van der Waals surface area contributed by atoms with E-state index < -0.39 is 10.0 Å². The minimum Gasteiger partial charge on any atom is -0.493 e. The van der Waals surface area contributed by atoms with Gasteiger partial charge in [0.15, 0.2) is 0 Å². The largest absolute Gasteiger partial charge is 0.493 e. The molecule has 0 spiro atoms. The number of piperidine rings is 1. The number of hydrogen-bond acceptors (Lipinski definition) is 4. The number of amides is 1. The Balaban J connectivity index is 1.49. The summed E-state index contributed by atoms with van der Waals surface area (Å²) in [5.74, 6) is 0.420. The standard InChI is InChI=1S/C23H28N2O4S/c1-16-13-17(2)22-20(14-16)21(10-12-29-22)24-23(26)18-7-6-11-25(15-18)30(27,28)19-8-4-3-5-9-19/h3-5,8-9,13-14,18,21H,6-7,10-12,15H2,1-2H3,(H,24,26). The van der Waals surface area contributed by atoms with Gasteiger partial charge in [-0.3, -0.25) is 4.79 Å². The van der Waals surface area contributed by atoms with Crippen LogP contribution in [0.15, 0.2) is 47.4 Å². The number of rotatable bonds is 4. The highest BCUT2D eigenvalue weighted by molar-refractivity contribution is 7.89. The quantitative estimate of drug-likeness (QED) is 0.810. The molecule has 4 rings (SSSR count). The fourth-order valence-electron chi connectivity index (χ4n) is 4.43. The van der Waals surface area contributed by atoms with E-state index in [2.05, 4.69) is 17.4 Å². The number of nitrogens with zero attached hydrogens (tertiary/aromatic N) is 1. The van der Waals surface area contributed by atoms with Crippen molar-refractivity contribution < 1.29 is 17.9 Å². The molecule has 30 heavy (non-hydrogen) atoms. The van der Waals surface area contributed by atoms with Crippen LogP contribution in [0, 0.1) is 19.8 Å². The summed E-state index contributed by atoms with van der Waals surface area (Å²) in [5, 5.41) is 3.17. The molecular formula is C23H28N2O4S. The first-order chi connectivity index (χ1) is 14.4. The number of carbonyl (C=O) groups excluding carboxylic acids is 1. The molecule has 0 radical (unpaired) electrons. The summed E-state index contributed by atoms with van der Waals surface area (Å²) >= 11 is 0. The highest BCUT2D eigenvalue weighted by Gasteiger charge is 2.34. The van der Waals surface area contributed by atoms with Crippen molar-refractivity contribution in [3.05, 3.63) is 59.2 Å². The van der Waals surface area contributed by atoms with Crippen molar-refractivity contribution in [1.82, 2.24) is 9.62 Å². The van der Waals surface area contributed by atoms with Gasteiger partial charge in [-0.25, -0.2) is 8.42 Å². The van der Waals surface area contributed by atoms with Crippen molar-refractivity contribution >= 4 is 15.9 Å². The first-order valence-corrected chi connectivity index (χ1v) is 11.9. The van der Waals surface area contributed by atoms with Crippen LogP contribution >= 0.6 is 0 Å². The lowest BCUT2D eigenvalue weighted by atomic mass is 9.93. The van der Waals surface area contributed by atoms with E-state index in [9.17, 15) is 13.2 Å². The van der Waals surface area contributed by atoms with Crippen LogP contribution in [0.4, 0.5) is 0 Å². The van der Waals surface area contributed by atoms with Crippen LogP contribution in [0.3, 0.4) is 0 Å².